The normalized spacial score (nSPS) is 10.2. The number of rotatable bonds is 12. The molecule has 0 radical (unpaired) electrons. The number of amides is 1. The lowest BCUT2D eigenvalue weighted by atomic mass is 10.1. The zero-order chi connectivity index (χ0) is 12.8. The van der Waals surface area contributed by atoms with E-state index in [1.807, 2.05) is 0 Å². The molecular formula is C15H29NO. The van der Waals surface area contributed by atoms with Gasteiger partial charge in [0.1, 0.15) is 0 Å². The van der Waals surface area contributed by atoms with Gasteiger partial charge in [0.15, 0.2) is 0 Å². The zero-order valence-corrected chi connectivity index (χ0v) is 11.5. The van der Waals surface area contributed by atoms with Crippen LogP contribution in [-0.2, 0) is 4.79 Å². The van der Waals surface area contributed by atoms with Crippen molar-refractivity contribution in [1.29, 1.82) is 0 Å². The van der Waals surface area contributed by atoms with Gasteiger partial charge in [-0.05, 0) is 12.5 Å². The van der Waals surface area contributed by atoms with Crippen LogP contribution in [0.5, 0.6) is 0 Å². The molecule has 1 N–H and O–H groups in total. The fourth-order valence-electron chi connectivity index (χ4n) is 1.90. The minimum Gasteiger partial charge on any atom is -0.353 e. The summed E-state index contributed by atoms with van der Waals surface area (Å²) in [7, 11) is 0. The second-order valence-corrected chi connectivity index (χ2v) is 4.68. The molecule has 0 aliphatic heterocycles. The maximum absolute atomic E-state index is 10.8. The second kappa shape index (κ2) is 13.3. The quantitative estimate of drug-likeness (QED) is 0.401. The number of unbranched alkanes of at least 4 members (excludes halogenated alkanes) is 9. The Morgan fingerprint density at radius 3 is 1.88 bits per heavy atom. The third kappa shape index (κ3) is 13.1. The van der Waals surface area contributed by atoms with E-state index < -0.39 is 0 Å². The monoisotopic (exact) mass is 239 g/mol. The van der Waals surface area contributed by atoms with Crippen molar-refractivity contribution >= 4 is 5.91 Å². The SMILES string of the molecule is C=CC(=O)NCCCCCCCCCCCC. The molecule has 0 aliphatic rings. The first kappa shape index (κ1) is 16.2. The van der Waals surface area contributed by atoms with Gasteiger partial charge in [0, 0.05) is 6.54 Å². The molecule has 0 saturated heterocycles. The molecule has 0 heterocycles. The van der Waals surface area contributed by atoms with Gasteiger partial charge in [0.05, 0.1) is 0 Å². The first-order valence-electron chi connectivity index (χ1n) is 7.21. The molecule has 1 amide bonds. The third-order valence-electron chi connectivity index (χ3n) is 3.01. The lowest BCUT2D eigenvalue weighted by molar-refractivity contribution is -0.116. The predicted molar refractivity (Wildman–Crippen MR) is 75.1 cm³/mol. The van der Waals surface area contributed by atoms with Crippen LogP contribution in [0.15, 0.2) is 12.7 Å². The summed E-state index contributed by atoms with van der Waals surface area (Å²) in [5, 5.41) is 2.80. The Bertz CT molecular complexity index is 189. The topological polar surface area (TPSA) is 29.1 Å². The molecule has 0 atom stereocenters. The molecule has 100 valence electrons. The van der Waals surface area contributed by atoms with Crippen LogP contribution in [0.4, 0.5) is 0 Å². The first-order valence-corrected chi connectivity index (χ1v) is 7.21. The van der Waals surface area contributed by atoms with E-state index in [4.69, 9.17) is 0 Å². The smallest absolute Gasteiger partial charge is 0.243 e. The summed E-state index contributed by atoms with van der Waals surface area (Å²) in [4.78, 5) is 10.8. The maximum atomic E-state index is 10.8. The lowest BCUT2D eigenvalue weighted by Gasteiger charge is -2.03. The Kier molecular flexibility index (Phi) is 12.7. The van der Waals surface area contributed by atoms with Crippen molar-refractivity contribution in [3.63, 3.8) is 0 Å². The lowest BCUT2D eigenvalue weighted by Crippen LogP contribution is -2.21. The van der Waals surface area contributed by atoms with E-state index in [2.05, 4.69) is 18.8 Å². The van der Waals surface area contributed by atoms with E-state index in [-0.39, 0.29) is 5.91 Å². The van der Waals surface area contributed by atoms with E-state index in [1.165, 1.54) is 63.9 Å². The van der Waals surface area contributed by atoms with Crippen molar-refractivity contribution in [2.24, 2.45) is 0 Å². The Morgan fingerprint density at radius 2 is 1.41 bits per heavy atom. The number of nitrogens with one attached hydrogen (secondary N) is 1. The van der Waals surface area contributed by atoms with Crippen molar-refractivity contribution in [3.8, 4) is 0 Å². The molecular weight excluding hydrogens is 210 g/mol. The molecule has 0 aromatic rings. The summed E-state index contributed by atoms with van der Waals surface area (Å²) in [6.45, 7) is 6.47. The van der Waals surface area contributed by atoms with Gasteiger partial charge in [0.25, 0.3) is 0 Å². The number of carbonyl (C=O) groups excluding carboxylic acids is 1. The molecule has 17 heavy (non-hydrogen) atoms. The third-order valence-corrected chi connectivity index (χ3v) is 3.01. The molecule has 0 saturated carbocycles. The van der Waals surface area contributed by atoms with Gasteiger partial charge < -0.3 is 5.32 Å². The largest absolute Gasteiger partial charge is 0.353 e. The van der Waals surface area contributed by atoms with Crippen LogP contribution < -0.4 is 5.32 Å². The average Bonchev–Trinajstić information content (AvgIpc) is 2.35. The summed E-state index contributed by atoms with van der Waals surface area (Å²) in [5.74, 6) is -0.0547. The Hall–Kier alpha value is -0.790. The van der Waals surface area contributed by atoms with E-state index >= 15 is 0 Å². The van der Waals surface area contributed by atoms with Crippen LogP contribution in [0, 0.1) is 0 Å². The summed E-state index contributed by atoms with van der Waals surface area (Å²) >= 11 is 0. The fraction of sp³-hybridized carbons (Fsp3) is 0.800. The number of carbonyl (C=O) groups is 1. The maximum Gasteiger partial charge on any atom is 0.243 e. The Morgan fingerprint density at radius 1 is 0.941 bits per heavy atom. The summed E-state index contributed by atoms with van der Waals surface area (Å²) in [5.41, 5.74) is 0. The summed E-state index contributed by atoms with van der Waals surface area (Å²) < 4.78 is 0. The standard InChI is InChI=1S/C15H29NO/c1-3-5-6-7-8-9-10-11-12-13-14-16-15(17)4-2/h4H,2-3,5-14H2,1H3,(H,16,17). The molecule has 0 aliphatic carbocycles. The van der Waals surface area contributed by atoms with E-state index in [0.717, 1.165) is 13.0 Å². The van der Waals surface area contributed by atoms with Gasteiger partial charge in [-0.25, -0.2) is 0 Å². The minimum absolute atomic E-state index is 0.0547. The van der Waals surface area contributed by atoms with E-state index in [9.17, 15) is 4.79 Å². The van der Waals surface area contributed by atoms with Crippen LogP contribution in [0.2, 0.25) is 0 Å². The molecule has 0 aromatic carbocycles. The van der Waals surface area contributed by atoms with E-state index in [1.54, 1.807) is 0 Å². The van der Waals surface area contributed by atoms with Crippen LogP contribution in [0.3, 0.4) is 0 Å². The van der Waals surface area contributed by atoms with Crippen LogP contribution in [0.25, 0.3) is 0 Å². The fourth-order valence-corrected chi connectivity index (χ4v) is 1.90. The van der Waals surface area contributed by atoms with Crippen LogP contribution in [0.1, 0.15) is 71.1 Å². The van der Waals surface area contributed by atoms with Crippen LogP contribution >= 0.6 is 0 Å². The highest BCUT2D eigenvalue weighted by Gasteiger charge is 1.94. The van der Waals surface area contributed by atoms with Gasteiger partial charge in [-0.2, -0.15) is 0 Å². The van der Waals surface area contributed by atoms with Gasteiger partial charge in [-0.15, -0.1) is 0 Å². The average molecular weight is 239 g/mol. The zero-order valence-electron chi connectivity index (χ0n) is 11.5. The van der Waals surface area contributed by atoms with Crippen molar-refractivity contribution in [2.45, 2.75) is 71.1 Å². The van der Waals surface area contributed by atoms with Crippen molar-refractivity contribution in [2.75, 3.05) is 6.54 Å². The molecule has 0 aromatic heterocycles. The second-order valence-electron chi connectivity index (χ2n) is 4.68. The molecule has 0 fully saturated rings. The van der Waals surface area contributed by atoms with Gasteiger partial charge >= 0.3 is 0 Å². The van der Waals surface area contributed by atoms with Crippen molar-refractivity contribution < 1.29 is 4.79 Å². The highest BCUT2D eigenvalue weighted by molar-refractivity contribution is 5.86. The molecule has 0 rings (SSSR count). The predicted octanol–water partition coefficient (Wildman–Crippen LogP) is 4.21. The van der Waals surface area contributed by atoms with Crippen LogP contribution in [-0.4, -0.2) is 12.5 Å². The summed E-state index contributed by atoms with van der Waals surface area (Å²) in [6.07, 6.45) is 14.6. The minimum atomic E-state index is -0.0547. The molecule has 0 spiro atoms. The summed E-state index contributed by atoms with van der Waals surface area (Å²) in [6, 6.07) is 0. The van der Waals surface area contributed by atoms with Gasteiger partial charge in [-0.1, -0.05) is 71.3 Å². The molecule has 0 bridgehead atoms. The van der Waals surface area contributed by atoms with Crippen molar-refractivity contribution in [3.05, 3.63) is 12.7 Å². The highest BCUT2D eigenvalue weighted by atomic mass is 16.1. The van der Waals surface area contributed by atoms with Crippen molar-refractivity contribution in [1.82, 2.24) is 5.32 Å². The Labute approximate surface area is 107 Å². The molecule has 2 nitrogen and oxygen atoms in total. The highest BCUT2D eigenvalue weighted by Crippen LogP contribution is 2.10. The van der Waals surface area contributed by atoms with Gasteiger partial charge in [0.2, 0.25) is 5.91 Å². The molecule has 0 unspecified atom stereocenters. The molecule has 2 heteroatoms. The van der Waals surface area contributed by atoms with E-state index in [0.29, 0.717) is 0 Å². The van der Waals surface area contributed by atoms with Gasteiger partial charge in [-0.3, -0.25) is 4.79 Å². The Balaban J connectivity index is 2.98. The first-order chi connectivity index (χ1) is 8.31. The number of hydrogen-bond acceptors (Lipinski definition) is 1. The number of hydrogen-bond donors (Lipinski definition) is 1.